The number of carbonyl (C=O) groups is 2. The Labute approximate surface area is 183 Å². The van der Waals surface area contributed by atoms with Crippen molar-refractivity contribution < 1.29 is 19.1 Å². The molecule has 0 aromatic rings. The molecule has 4 nitrogen and oxygen atoms in total. The van der Waals surface area contributed by atoms with Crippen LogP contribution < -0.4 is 0 Å². The van der Waals surface area contributed by atoms with E-state index in [0.29, 0.717) is 24.4 Å². The predicted octanol–water partition coefficient (Wildman–Crippen LogP) is 6.40. The summed E-state index contributed by atoms with van der Waals surface area (Å²) in [6.45, 7) is 11.7. The lowest BCUT2D eigenvalue weighted by atomic mass is 9.68. The molecule has 0 bridgehead atoms. The highest BCUT2D eigenvalue weighted by atomic mass is 16.5. The van der Waals surface area contributed by atoms with Crippen molar-refractivity contribution in [2.45, 2.75) is 90.9 Å². The lowest BCUT2D eigenvalue weighted by Crippen LogP contribution is -2.26. The molecule has 2 saturated carbocycles. The number of rotatable bonds is 11. The van der Waals surface area contributed by atoms with E-state index < -0.39 is 0 Å². The van der Waals surface area contributed by atoms with Crippen LogP contribution in [0.3, 0.4) is 0 Å². The first kappa shape index (κ1) is 24.7. The molecule has 0 N–H and O–H groups in total. The molecule has 0 atom stereocenters. The third kappa shape index (κ3) is 8.65. The Balaban J connectivity index is 1.53. The first-order valence-electron chi connectivity index (χ1n) is 12.0. The van der Waals surface area contributed by atoms with Gasteiger partial charge in [0.05, 0.1) is 13.2 Å². The number of hydrogen-bond acceptors (Lipinski definition) is 4. The van der Waals surface area contributed by atoms with Gasteiger partial charge in [-0.15, -0.1) is 0 Å². The van der Waals surface area contributed by atoms with Gasteiger partial charge in [0.15, 0.2) is 0 Å². The molecular formula is C26H42O4. The van der Waals surface area contributed by atoms with E-state index in [-0.39, 0.29) is 11.9 Å². The summed E-state index contributed by atoms with van der Waals surface area (Å²) in [4.78, 5) is 22.8. The van der Waals surface area contributed by atoms with Gasteiger partial charge in [0, 0.05) is 11.1 Å². The molecule has 0 aromatic carbocycles. The second-order valence-electron chi connectivity index (χ2n) is 9.68. The summed E-state index contributed by atoms with van der Waals surface area (Å²) in [6.07, 6.45) is 15.2. The Morgan fingerprint density at radius 1 is 0.667 bits per heavy atom. The van der Waals surface area contributed by atoms with Crippen molar-refractivity contribution in [2.75, 3.05) is 13.2 Å². The quantitative estimate of drug-likeness (QED) is 0.221. The highest BCUT2D eigenvalue weighted by Crippen LogP contribution is 2.42. The maximum Gasteiger partial charge on any atom is 0.333 e. The van der Waals surface area contributed by atoms with E-state index in [2.05, 4.69) is 13.2 Å². The first-order valence-corrected chi connectivity index (χ1v) is 12.0. The predicted molar refractivity (Wildman–Crippen MR) is 121 cm³/mol. The number of esters is 2. The second-order valence-corrected chi connectivity index (χ2v) is 9.68. The molecule has 2 aliphatic carbocycles. The van der Waals surface area contributed by atoms with E-state index in [4.69, 9.17) is 9.47 Å². The first-order chi connectivity index (χ1) is 14.4. The van der Waals surface area contributed by atoms with Crippen LogP contribution in [0.5, 0.6) is 0 Å². The highest BCUT2D eigenvalue weighted by molar-refractivity contribution is 5.87. The van der Waals surface area contributed by atoms with Crippen LogP contribution in [0.4, 0.5) is 0 Å². The van der Waals surface area contributed by atoms with E-state index in [9.17, 15) is 9.59 Å². The Morgan fingerprint density at radius 2 is 1.00 bits per heavy atom. The maximum absolute atomic E-state index is 11.4. The van der Waals surface area contributed by atoms with Crippen LogP contribution in [0, 0.1) is 23.7 Å². The molecule has 2 rings (SSSR count). The molecule has 0 radical (unpaired) electrons. The molecule has 2 fully saturated rings. The molecule has 0 aromatic heterocycles. The van der Waals surface area contributed by atoms with Gasteiger partial charge in [-0.05, 0) is 88.9 Å². The van der Waals surface area contributed by atoms with Crippen LogP contribution in [-0.4, -0.2) is 25.2 Å². The Morgan fingerprint density at radius 3 is 1.30 bits per heavy atom. The Hall–Kier alpha value is -1.58. The van der Waals surface area contributed by atoms with E-state index in [1.54, 1.807) is 13.8 Å². The van der Waals surface area contributed by atoms with Gasteiger partial charge in [-0.3, -0.25) is 0 Å². The Bertz CT molecular complexity index is 526. The average molecular weight is 419 g/mol. The summed E-state index contributed by atoms with van der Waals surface area (Å²) in [5, 5.41) is 0. The van der Waals surface area contributed by atoms with Gasteiger partial charge in [-0.25, -0.2) is 9.59 Å². The standard InChI is InChI=1S/C26H42O4/c1-19(2)25(27)29-17-5-7-21-9-13-23(14-10-21)24-15-11-22(12-16-24)8-6-18-30-26(28)20(3)4/h21-24H,1,3,5-18H2,2,4H3/t21-,22-,23-,24-. The van der Waals surface area contributed by atoms with Crippen molar-refractivity contribution >= 4 is 11.9 Å². The lowest BCUT2D eigenvalue weighted by Gasteiger charge is -2.38. The summed E-state index contributed by atoms with van der Waals surface area (Å²) < 4.78 is 10.4. The normalized spacial score (nSPS) is 26.6. The minimum absolute atomic E-state index is 0.262. The fraction of sp³-hybridized carbons (Fsp3) is 0.769. The molecule has 0 saturated heterocycles. The zero-order valence-electron chi connectivity index (χ0n) is 19.3. The summed E-state index contributed by atoms with van der Waals surface area (Å²) >= 11 is 0. The highest BCUT2D eigenvalue weighted by Gasteiger charge is 2.30. The molecule has 0 aliphatic heterocycles. The van der Waals surface area contributed by atoms with Crippen molar-refractivity contribution in [2.24, 2.45) is 23.7 Å². The summed E-state index contributed by atoms with van der Waals surface area (Å²) in [5.41, 5.74) is 0.966. The SMILES string of the molecule is C=C(C)C(=O)OCCC[C@H]1CC[C@H]([C@H]2CC[C@H](CCCOC(=O)C(=C)C)CC2)CC1. The molecule has 0 unspecified atom stereocenters. The molecular weight excluding hydrogens is 376 g/mol. The number of ether oxygens (including phenoxy) is 2. The molecule has 2 aliphatic rings. The number of hydrogen-bond donors (Lipinski definition) is 0. The maximum atomic E-state index is 11.4. The van der Waals surface area contributed by atoms with Gasteiger partial charge in [-0.1, -0.05) is 38.8 Å². The van der Waals surface area contributed by atoms with E-state index in [0.717, 1.165) is 36.5 Å². The molecule has 0 heterocycles. The van der Waals surface area contributed by atoms with Crippen molar-refractivity contribution in [3.8, 4) is 0 Å². The smallest absolute Gasteiger partial charge is 0.333 e. The van der Waals surface area contributed by atoms with E-state index in [1.165, 1.54) is 64.2 Å². The minimum atomic E-state index is -0.262. The van der Waals surface area contributed by atoms with Crippen LogP contribution in [-0.2, 0) is 19.1 Å². The van der Waals surface area contributed by atoms with Gasteiger partial charge in [0.2, 0.25) is 0 Å². The van der Waals surface area contributed by atoms with Crippen LogP contribution in [0.25, 0.3) is 0 Å². The van der Waals surface area contributed by atoms with Gasteiger partial charge in [-0.2, -0.15) is 0 Å². The van der Waals surface area contributed by atoms with E-state index in [1.807, 2.05) is 0 Å². The van der Waals surface area contributed by atoms with E-state index >= 15 is 0 Å². The van der Waals surface area contributed by atoms with Gasteiger partial charge >= 0.3 is 11.9 Å². The van der Waals surface area contributed by atoms with Crippen molar-refractivity contribution in [1.29, 1.82) is 0 Å². The van der Waals surface area contributed by atoms with Gasteiger partial charge in [0.1, 0.15) is 0 Å². The molecule has 30 heavy (non-hydrogen) atoms. The molecule has 0 amide bonds. The van der Waals surface area contributed by atoms with Crippen molar-refractivity contribution in [1.82, 2.24) is 0 Å². The van der Waals surface area contributed by atoms with Crippen LogP contribution in [0.2, 0.25) is 0 Å². The second kappa shape index (κ2) is 13.0. The number of carbonyl (C=O) groups excluding carboxylic acids is 2. The minimum Gasteiger partial charge on any atom is -0.462 e. The fourth-order valence-corrected chi connectivity index (χ4v) is 5.22. The molecule has 0 spiro atoms. The summed E-state index contributed by atoms with van der Waals surface area (Å²) in [6, 6.07) is 0. The van der Waals surface area contributed by atoms with Gasteiger partial charge < -0.3 is 9.47 Å². The lowest BCUT2D eigenvalue weighted by molar-refractivity contribution is -0.140. The third-order valence-electron chi connectivity index (χ3n) is 7.13. The summed E-state index contributed by atoms with van der Waals surface area (Å²) in [7, 11) is 0. The molecule has 170 valence electrons. The summed E-state index contributed by atoms with van der Waals surface area (Å²) in [5.74, 6) is 2.93. The zero-order valence-corrected chi connectivity index (χ0v) is 19.3. The van der Waals surface area contributed by atoms with Crippen molar-refractivity contribution in [3.63, 3.8) is 0 Å². The largest absolute Gasteiger partial charge is 0.462 e. The van der Waals surface area contributed by atoms with Crippen LogP contribution >= 0.6 is 0 Å². The fourth-order valence-electron chi connectivity index (χ4n) is 5.22. The zero-order chi connectivity index (χ0) is 21.9. The van der Waals surface area contributed by atoms with Crippen LogP contribution in [0.1, 0.15) is 90.9 Å². The van der Waals surface area contributed by atoms with Crippen LogP contribution in [0.15, 0.2) is 24.3 Å². The average Bonchev–Trinajstić information content (AvgIpc) is 2.74. The Kier molecular flexibility index (Phi) is 10.7. The van der Waals surface area contributed by atoms with Gasteiger partial charge in [0.25, 0.3) is 0 Å². The van der Waals surface area contributed by atoms with Crippen molar-refractivity contribution in [3.05, 3.63) is 24.3 Å². The third-order valence-corrected chi connectivity index (χ3v) is 7.13. The molecule has 4 heteroatoms. The monoisotopic (exact) mass is 418 g/mol. The topological polar surface area (TPSA) is 52.6 Å².